The first-order valence-corrected chi connectivity index (χ1v) is 7.67. The van der Waals surface area contributed by atoms with E-state index in [9.17, 15) is 5.11 Å². The minimum Gasteiger partial charge on any atom is -0.392 e. The van der Waals surface area contributed by atoms with Gasteiger partial charge in [0.05, 0.1) is 12.3 Å². The number of nitrogens with zero attached hydrogens (tertiary/aromatic N) is 2. The highest BCUT2D eigenvalue weighted by molar-refractivity contribution is 7.99. The number of aliphatic hydroxyl groups is 1. The van der Waals surface area contributed by atoms with Crippen molar-refractivity contribution in [1.82, 2.24) is 9.78 Å². The lowest BCUT2D eigenvalue weighted by Crippen LogP contribution is -2.04. The molecule has 2 aromatic rings. The topological polar surface area (TPSA) is 38.0 Å². The molecule has 0 saturated carbocycles. The van der Waals surface area contributed by atoms with Gasteiger partial charge in [-0.05, 0) is 39.0 Å². The first-order chi connectivity index (χ1) is 9.42. The van der Waals surface area contributed by atoms with Gasteiger partial charge in [-0.3, -0.25) is 4.68 Å². The maximum absolute atomic E-state index is 9.52. The number of halogens is 2. The molecule has 0 fully saturated rings. The maximum Gasteiger partial charge on any atom is 0.105 e. The molecule has 1 heterocycles. The zero-order chi connectivity index (χ0) is 14.9. The average molecular weight is 330 g/mol. The summed E-state index contributed by atoms with van der Waals surface area (Å²) >= 11 is 13.5. The molecular weight excluding hydrogens is 315 g/mol. The quantitative estimate of drug-likeness (QED) is 0.890. The molecule has 0 amide bonds. The van der Waals surface area contributed by atoms with Crippen LogP contribution in [0.5, 0.6) is 0 Å². The van der Waals surface area contributed by atoms with Crippen LogP contribution in [0.4, 0.5) is 0 Å². The van der Waals surface area contributed by atoms with E-state index in [0.29, 0.717) is 15.7 Å². The number of hydrogen-bond donors (Lipinski definition) is 1. The summed E-state index contributed by atoms with van der Waals surface area (Å²) in [5.41, 5.74) is 1.33. The molecule has 0 unspecified atom stereocenters. The van der Waals surface area contributed by atoms with Gasteiger partial charge in [-0.1, -0.05) is 35.0 Å². The Morgan fingerprint density at radius 1 is 1.30 bits per heavy atom. The second-order valence-corrected chi connectivity index (χ2v) is 6.57. The molecule has 0 aliphatic rings. The van der Waals surface area contributed by atoms with Gasteiger partial charge in [-0.15, -0.1) is 0 Å². The summed E-state index contributed by atoms with van der Waals surface area (Å²) in [4.78, 5) is 0.902. The molecule has 0 aliphatic carbocycles. The van der Waals surface area contributed by atoms with Crippen molar-refractivity contribution in [2.24, 2.45) is 0 Å². The second kappa shape index (κ2) is 6.39. The van der Waals surface area contributed by atoms with Crippen molar-refractivity contribution >= 4 is 35.0 Å². The highest BCUT2D eigenvalue weighted by Crippen LogP contribution is 2.36. The van der Waals surface area contributed by atoms with E-state index in [4.69, 9.17) is 23.2 Å². The molecule has 1 radical (unpaired) electrons. The third kappa shape index (κ3) is 3.31. The van der Waals surface area contributed by atoms with Crippen molar-refractivity contribution in [3.8, 4) is 0 Å². The third-order valence-corrected chi connectivity index (χ3v) is 4.28. The lowest BCUT2D eigenvalue weighted by molar-refractivity contribution is 0.277. The van der Waals surface area contributed by atoms with Gasteiger partial charge in [0, 0.05) is 26.5 Å². The van der Waals surface area contributed by atoms with E-state index < -0.39 is 0 Å². The van der Waals surface area contributed by atoms with Gasteiger partial charge in [-0.25, -0.2) is 0 Å². The normalized spacial score (nSPS) is 11.3. The van der Waals surface area contributed by atoms with Gasteiger partial charge < -0.3 is 5.11 Å². The Kier molecular flexibility index (Phi) is 5.02. The molecule has 0 saturated heterocycles. The molecular formula is C14H15Cl2N2OS. The van der Waals surface area contributed by atoms with E-state index in [1.165, 1.54) is 11.8 Å². The predicted octanol–water partition coefficient (Wildman–Crippen LogP) is 4.60. The van der Waals surface area contributed by atoms with E-state index in [1.54, 1.807) is 6.07 Å². The molecule has 6 heteroatoms. The smallest absolute Gasteiger partial charge is 0.105 e. The van der Waals surface area contributed by atoms with Gasteiger partial charge in [-0.2, -0.15) is 5.10 Å². The Morgan fingerprint density at radius 3 is 2.40 bits per heavy atom. The Bertz CT molecular complexity index is 606. The summed E-state index contributed by atoms with van der Waals surface area (Å²) in [6.45, 7) is 7.84. The fourth-order valence-electron chi connectivity index (χ4n) is 1.81. The molecule has 107 valence electrons. The number of benzene rings is 1. The standard InChI is InChI=1S/C14H15Cl2N2OS/c1-8(2)18-14(13(7-19)9(3)17-18)20-12-5-10(15)4-11(16)6-12/h4-6,8,19H,3,7H2,1-2H3. The predicted molar refractivity (Wildman–Crippen MR) is 83.6 cm³/mol. The van der Waals surface area contributed by atoms with Gasteiger partial charge in [0.2, 0.25) is 0 Å². The molecule has 1 aromatic carbocycles. The van der Waals surface area contributed by atoms with Crippen LogP contribution in [-0.4, -0.2) is 14.9 Å². The minimum absolute atomic E-state index is 0.0951. The molecule has 3 nitrogen and oxygen atoms in total. The summed E-state index contributed by atoms with van der Waals surface area (Å²) in [5.74, 6) is 0. The van der Waals surface area contributed by atoms with E-state index in [1.807, 2.05) is 30.7 Å². The van der Waals surface area contributed by atoms with Crippen molar-refractivity contribution in [3.05, 3.63) is 46.4 Å². The number of hydrogen-bond acceptors (Lipinski definition) is 3. The van der Waals surface area contributed by atoms with E-state index in [-0.39, 0.29) is 12.6 Å². The minimum atomic E-state index is -0.0951. The lowest BCUT2D eigenvalue weighted by atomic mass is 10.3. The summed E-state index contributed by atoms with van der Waals surface area (Å²) in [5, 5.41) is 15.9. The Morgan fingerprint density at radius 2 is 1.90 bits per heavy atom. The van der Waals surface area contributed by atoms with Crippen molar-refractivity contribution in [2.75, 3.05) is 0 Å². The molecule has 1 aromatic heterocycles. The van der Waals surface area contributed by atoms with Crippen molar-refractivity contribution < 1.29 is 5.11 Å². The van der Waals surface area contributed by atoms with Crippen LogP contribution in [0, 0.1) is 6.92 Å². The summed E-state index contributed by atoms with van der Waals surface area (Å²) in [6.07, 6.45) is 0. The average Bonchev–Trinajstić information content (AvgIpc) is 2.64. The molecule has 0 aliphatic heterocycles. The molecule has 0 spiro atoms. The Hall–Kier alpha value is -0.680. The SMILES string of the molecule is [CH2]c1nn(C(C)C)c(Sc2cc(Cl)cc(Cl)c2)c1CO. The number of aromatic nitrogens is 2. The van der Waals surface area contributed by atoms with Crippen molar-refractivity contribution in [1.29, 1.82) is 0 Å². The number of aliphatic hydroxyl groups excluding tert-OH is 1. The molecule has 2 rings (SSSR count). The third-order valence-electron chi connectivity index (χ3n) is 2.74. The molecule has 1 N–H and O–H groups in total. The summed E-state index contributed by atoms with van der Waals surface area (Å²) in [6, 6.07) is 5.53. The molecule has 0 atom stereocenters. The summed E-state index contributed by atoms with van der Waals surface area (Å²) in [7, 11) is 0. The molecule has 20 heavy (non-hydrogen) atoms. The maximum atomic E-state index is 9.52. The second-order valence-electron chi connectivity index (χ2n) is 4.63. The van der Waals surface area contributed by atoms with E-state index in [0.717, 1.165) is 15.5 Å². The first kappa shape index (κ1) is 15.7. The van der Waals surface area contributed by atoms with Crippen LogP contribution in [0.3, 0.4) is 0 Å². The zero-order valence-electron chi connectivity index (χ0n) is 11.2. The van der Waals surface area contributed by atoms with E-state index in [2.05, 4.69) is 12.0 Å². The van der Waals surface area contributed by atoms with Gasteiger partial charge in [0.15, 0.2) is 0 Å². The van der Waals surface area contributed by atoms with Crippen LogP contribution >= 0.6 is 35.0 Å². The van der Waals surface area contributed by atoms with Gasteiger partial charge >= 0.3 is 0 Å². The van der Waals surface area contributed by atoms with Crippen LogP contribution in [0.15, 0.2) is 28.1 Å². The zero-order valence-corrected chi connectivity index (χ0v) is 13.6. The largest absolute Gasteiger partial charge is 0.392 e. The van der Waals surface area contributed by atoms with Gasteiger partial charge in [0.1, 0.15) is 5.03 Å². The van der Waals surface area contributed by atoms with Crippen LogP contribution in [0.1, 0.15) is 31.1 Å². The lowest BCUT2D eigenvalue weighted by Gasteiger charge is -2.12. The monoisotopic (exact) mass is 329 g/mol. The fraction of sp³-hybridized carbons (Fsp3) is 0.286. The first-order valence-electron chi connectivity index (χ1n) is 6.10. The van der Waals surface area contributed by atoms with Crippen molar-refractivity contribution in [2.45, 2.75) is 36.4 Å². The van der Waals surface area contributed by atoms with Crippen LogP contribution in [0.2, 0.25) is 10.0 Å². The summed E-state index contributed by atoms with van der Waals surface area (Å²) < 4.78 is 1.85. The Balaban J connectivity index is 2.46. The Labute approximate surface area is 132 Å². The van der Waals surface area contributed by atoms with E-state index >= 15 is 0 Å². The van der Waals surface area contributed by atoms with Crippen LogP contribution in [-0.2, 0) is 6.61 Å². The molecule has 0 bridgehead atoms. The van der Waals surface area contributed by atoms with Gasteiger partial charge in [0.25, 0.3) is 0 Å². The van der Waals surface area contributed by atoms with Crippen molar-refractivity contribution in [3.63, 3.8) is 0 Å². The van der Waals surface area contributed by atoms with Crippen LogP contribution in [0.25, 0.3) is 0 Å². The highest BCUT2D eigenvalue weighted by atomic mass is 35.5. The number of rotatable bonds is 4. The highest BCUT2D eigenvalue weighted by Gasteiger charge is 2.18. The fourth-order valence-corrected chi connectivity index (χ4v) is 3.72. The van der Waals surface area contributed by atoms with Crippen LogP contribution < -0.4 is 0 Å².